The van der Waals surface area contributed by atoms with E-state index in [0.717, 1.165) is 6.07 Å². The number of hydrogen-bond acceptors (Lipinski definition) is 3. The van der Waals surface area contributed by atoms with Crippen LogP contribution in [0.15, 0.2) is 23.2 Å². The van der Waals surface area contributed by atoms with Crippen LogP contribution < -0.4 is 4.72 Å². The average molecular weight is 287 g/mol. The molecular formula is C11H11F2N3O2S. The third-order valence-electron chi connectivity index (χ3n) is 2.58. The van der Waals surface area contributed by atoms with Crippen LogP contribution in [0.25, 0.3) is 0 Å². The summed E-state index contributed by atoms with van der Waals surface area (Å²) >= 11 is 0. The van der Waals surface area contributed by atoms with Crippen molar-refractivity contribution in [1.29, 1.82) is 0 Å². The van der Waals surface area contributed by atoms with Gasteiger partial charge in [0.15, 0.2) is 0 Å². The normalized spacial score (nSPS) is 11.6. The molecule has 5 nitrogen and oxygen atoms in total. The van der Waals surface area contributed by atoms with Crippen molar-refractivity contribution in [2.75, 3.05) is 4.72 Å². The van der Waals surface area contributed by atoms with E-state index >= 15 is 0 Å². The van der Waals surface area contributed by atoms with Crippen LogP contribution in [0.4, 0.5) is 14.5 Å². The second-order valence-electron chi connectivity index (χ2n) is 4.05. The van der Waals surface area contributed by atoms with Crippen molar-refractivity contribution in [3.05, 3.63) is 41.2 Å². The molecule has 19 heavy (non-hydrogen) atoms. The topological polar surface area (TPSA) is 74.8 Å². The van der Waals surface area contributed by atoms with Gasteiger partial charge in [-0.2, -0.15) is 5.10 Å². The summed E-state index contributed by atoms with van der Waals surface area (Å²) in [6.45, 7) is 2.94. The van der Waals surface area contributed by atoms with Gasteiger partial charge in [0.1, 0.15) is 16.5 Å². The van der Waals surface area contributed by atoms with Crippen LogP contribution in [-0.2, 0) is 10.0 Å². The Kier molecular flexibility index (Phi) is 3.27. The van der Waals surface area contributed by atoms with E-state index in [1.54, 1.807) is 6.92 Å². The monoisotopic (exact) mass is 287 g/mol. The van der Waals surface area contributed by atoms with Crippen molar-refractivity contribution in [3.63, 3.8) is 0 Å². The maximum absolute atomic E-state index is 13.6. The molecule has 0 fully saturated rings. The van der Waals surface area contributed by atoms with Gasteiger partial charge in [-0.1, -0.05) is 0 Å². The van der Waals surface area contributed by atoms with Crippen molar-refractivity contribution in [3.8, 4) is 0 Å². The molecule has 1 heterocycles. The number of sulfonamides is 1. The summed E-state index contributed by atoms with van der Waals surface area (Å²) in [4.78, 5) is -0.740. The van der Waals surface area contributed by atoms with E-state index in [9.17, 15) is 17.2 Å². The molecule has 0 unspecified atom stereocenters. The second kappa shape index (κ2) is 4.61. The maximum Gasteiger partial charge on any atom is 0.265 e. The number of aromatic nitrogens is 2. The SMILES string of the molecule is Cc1cc(F)c(S(=O)(=O)Nc2cn[nH]c2C)cc1F. The summed E-state index contributed by atoms with van der Waals surface area (Å²) in [6.07, 6.45) is 1.25. The standard InChI is InChI=1S/C11H11F2N3O2S/c1-6-3-9(13)11(4-8(6)12)19(17,18)16-10-5-14-15-7(10)2/h3-5,16H,1-2H3,(H,14,15). The van der Waals surface area contributed by atoms with E-state index in [-0.39, 0.29) is 11.3 Å². The first-order valence-electron chi connectivity index (χ1n) is 5.29. The molecule has 0 amide bonds. The lowest BCUT2D eigenvalue weighted by molar-refractivity contribution is 0.551. The molecule has 0 saturated carbocycles. The number of benzene rings is 1. The fourth-order valence-corrected chi connectivity index (χ4v) is 2.67. The fraction of sp³-hybridized carbons (Fsp3) is 0.182. The molecule has 8 heteroatoms. The third-order valence-corrected chi connectivity index (χ3v) is 3.96. The van der Waals surface area contributed by atoms with Gasteiger partial charge in [0.2, 0.25) is 0 Å². The smallest absolute Gasteiger partial charge is 0.265 e. The summed E-state index contributed by atoms with van der Waals surface area (Å²) in [5, 5.41) is 6.17. The van der Waals surface area contributed by atoms with Crippen molar-refractivity contribution >= 4 is 15.7 Å². The van der Waals surface area contributed by atoms with Gasteiger partial charge in [-0.25, -0.2) is 17.2 Å². The third kappa shape index (κ3) is 2.58. The van der Waals surface area contributed by atoms with E-state index in [2.05, 4.69) is 14.9 Å². The largest absolute Gasteiger partial charge is 0.281 e. The minimum absolute atomic E-state index is 0.0379. The van der Waals surface area contributed by atoms with Crippen molar-refractivity contribution < 1.29 is 17.2 Å². The van der Waals surface area contributed by atoms with Gasteiger partial charge in [0.05, 0.1) is 17.6 Å². The molecule has 0 bridgehead atoms. The predicted octanol–water partition coefficient (Wildman–Crippen LogP) is 2.11. The van der Waals surface area contributed by atoms with Crippen LogP contribution in [0.2, 0.25) is 0 Å². The minimum atomic E-state index is -4.20. The number of H-pyrrole nitrogens is 1. The van der Waals surface area contributed by atoms with Crippen LogP contribution in [0.1, 0.15) is 11.3 Å². The Labute approximate surface area is 108 Å². The molecule has 0 saturated heterocycles. The Balaban J connectivity index is 2.46. The van der Waals surface area contributed by atoms with Crippen LogP contribution in [0, 0.1) is 25.5 Å². The van der Waals surface area contributed by atoms with Gasteiger partial charge in [-0.05, 0) is 31.5 Å². The highest BCUT2D eigenvalue weighted by molar-refractivity contribution is 7.92. The average Bonchev–Trinajstić information content (AvgIpc) is 2.69. The summed E-state index contributed by atoms with van der Waals surface area (Å²) in [5.74, 6) is -1.79. The van der Waals surface area contributed by atoms with E-state index in [1.165, 1.54) is 13.1 Å². The van der Waals surface area contributed by atoms with E-state index < -0.39 is 26.6 Å². The zero-order valence-corrected chi connectivity index (χ0v) is 11.0. The highest BCUT2D eigenvalue weighted by atomic mass is 32.2. The second-order valence-corrected chi connectivity index (χ2v) is 5.70. The molecule has 2 aromatic rings. The molecule has 0 aliphatic carbocycles. The Bertz CT molecular complexity index is 726. The number of nitrogens with one attached hydrogen (secondary N) is 2. The zero-order valence-electron chi connectivity index (χ0n) is 10.2. The van der Waals surface area contributed by atoms with Crippen LogP contribution >= 0.6 is 0 Å². The lowest BCUT2D eigenvalue weighted by Crippen LogP contribution is -2.15. The molecule has 0 aliphatic rings. The van der Waals surface area contributed by atoms with Gasteiger partial charge in [-0.15, -0.1) is 0 Å². The quantitative estimate of drug-likeness (QED) is 0.907. The maximum atomic E-state index is 13.6. The lowest BCUT2D eigenvalue weighted by Gasteiger charge is -2.09. The zero-order chi connectivity index (χ0) is 14.2. The molecule has 1 aromatic heterocycles. The van der Waals surface area contributed by atoms with Crippen LogP contribution in [0.3, 0.4) is 0 Å². The van der Waals surface area contributed by atoms with Crippen molar-refractivity contribution in [1.82, 2.24) is 10.2 Å². The highest BCUT2D eigenvalue weighted by Gasteiger charge is 2.22. The number of aryl methyl sites for hydroxylation is 2. The molecular weight excluding hydrogens is 276 g/mol. The lowest BCUT2D eigenvalue weighted by atomic mass is 10.2. The molecule has 2 rings (SSSR count). The van der Waals surface area contributed by atoms with Gasteiger partial charge in [0, 0.05) is 0 Å². The first-order chi connectivity index (χ1) is 8.81. The van der Waals surface area contributed by atoms with Gasteiger partial charge in [-0.3, -0.25) is 9.82 Å². The summed E-state index contributed by atoms with van der Waals surface area (Å²) in [6, 6.07) is 1.49. The molecule has 0 radical (unpaired) electrons. The number of halogens is 2. The van der Waals surface area contributed by atoms with Crippen LogP contribution in [0.5, 0.6) is 0 Å². The summed E-state index contributed by atoms with van der Waals surface area (Å²) in [5.41, 5.74) is 0.688. The first kappa shape index (κ1) is 13.5. The molecule has 0 spiro atoms. The van der Waals surface area contributed by atoms with E-state index in [0.29, 0.717) is 11.8 Å². The number of aromatic amines is 1. The van der Waals surface area contributed by atoms with Crippen molar-refractivity contribution in [2.45, 2.75) is 18.7 Å². The fourth-order valence-electron chi connectivity index (χ4n) is 1.49. The molecule has 1 aromatic carbocycles. The Morgan fingerprint density at radius 2 is 1.89 bits per heavy atom. The predicted molar refractivity (Wildman–Crippen MR) is 65.2 cm³/mol. The van der Waals surface area contributed by atoms with Crippen LogP contribution in [-0.4, -0.2) is 18.6 Å². The highest BCUT2D eigenvalue weighted by Crippen LogP contribution is 2.22. The van der Waals surface area contributed by atoms with E-state index in [1.807, 2.05) is 0 Å². The molecule has 102 valence electrons. The summed E-state index contributed by atoms with van der Waals surface area (Å²) in [7, 11) is -4.20. The Morgan fingerprint density at radius 3 is 2.47 bits per heavy atom. The van der Waals surface area contributed by atoms with Gasteiger partial charge < -0.3 is 0 Å². The number of hydrogen-bond donors (Lipinski definition) is 2. The molecule has 0 atom stereocenters. The number of rotatable bonds is 3. The Morgan fingerprint density at radius 1 is 1.21 bits per heavy atom. The van der Waals surface area contributed by atoms with Crippen molar-refractivity contribution in [2.24, 2.45) is 0 Å². The van der Waals surface area contributed by atoms with E-state index in [4.69, 9.17) is 0 Å². The number of nitrogens with zero attached hydrogens (tertiary/aromatic N) is 1. The van der Waals surface area contributed by atoms with Gasteiger partial charge >= 0.3 is 0 Å². The number of anilines is 1. The van der Waals surface area contributed by atoms with Gasteiger partial charge in [0.25, 0.3) is 10.0 Å². The first-order valence-corrected chi connectivity index (χ1v) is 6.78. The molecule has 2 N–H and O–H groups in total. The minimum Gasteiger partial charge on any atom is -0.281 e. The Hall–Kier alpha value is -1.96. The molecule has 0 aliphatic heterocycles. The summed E-state index contributed by atoms with van der Waals surface area (Å²) < 4.78 is 53.1.